The van der Waals surface area contributed by atoms with Crippen molar-refractivity contribution >= 4 is 22.8 Å². The van der Waals surface area contributed by atoms with E-state index in [9.17, 15) is 4.79 Å². The van der Waals surface area contributed by atoms with E-state index >= 15 is 0 Å². The quantitative estimate of drug-likeness (QED) is 0.627. The van der Waals surface area contributed by atoms with Gasteiger partial charge in [-0.05, 0) is 12.7 Å². The van der Waals surface area contributed by atoms with Crippen LogP contribution in [0.5, 0.6) is 0 Å². The number of rotatable bonds is 2. The zero-order valence-corrected chi connectivity index (χ0v) is 7.48. The lowest BCUT2D eigenvalue weighted by Crippen LogP contribution is -2.20. The predicted octanol–water partition coefficient (Wildman–Crippen LogP) is 1.08. The van der Waals surface area contributed by atoms with Crippen molar-refractivity contribution in [3.8, 4) is 0 Å². The van der Waals surface area contributed by atoms with Crippen LogP contribution in [0.3, 0.4) is 0 Å². The molecule has 4 heteroatoms. The second kappa shape index (κ2) is 3.76. The van der Waals surface area contributed by atoms with Crippen LogP contribution < -0.4 is 0 Å². The van der Waals surface area contributed by atoms with Gasteiger partial charge >= 0.3 is 0 Å². The van der Waals surface area contributed by atoms with Crippen LogP contribution in [0.2, 0.25) is 0 Å². The maximum absolute atomic E-state index is 10.8. The van der Waals surface area contributed by atoms with Crippen LogP contribution in [0.4, 0.5) is 0 Å². The predicted molar refractivity (Wildman–Crippen MR) is 46.0 cm³/mol. The molecule has 0 saturated carbocycles. The Kier molecular flexibility index (Phi) is 2.93. The smallest absolute Gasteiger partial charge is 0.246 e. The normalized spacial score (nSPS) is 22.7. The number of hydrogen-bond acceptors (Lipinski definition) is 4. The molecule has 1 rings (SSSR count). The number of ketones is 1. The van der Waals surface area contributed by atoms with Crippen molar-refractivity contribution in [2.45, 2.75) is 20.0 Å². The van der Waals surface area contributed by atoms with Gasteiger partial charge in [0.15, 0.2) is 11.9 Å². The van der Waals surface area contributed by atoms with Crippen LogP contribution in [0.1, 0.15) is 13.8 Å². The second-order valence-corrected chi connectivity index (χ2v) is 3.47. The number of ether oxygens (including phenoxy) is 1. The zero-order valence-electron chi connectivity index (χ0n) is 6.66. The third kappa shape index (κ3) is 2.22. The maximum Gasteiger partial charge on any atom is 0.246 e. The summed E-state index contributed by atoms with van der Waals surface area (Å²) in [5.41, 5.74) is 0. The fourth-order valence-electron chi connectivity index (χ4n) is 0.768. The van der Waals surface area contributed by atoms with Crippen LogP contribution in [-0.4, -0.2) is 29.4 Å². The molecule has 0 fully saturated rings. The van der Waals surface area contributed by atoms with Gasteiger partial charge in [-0.1, -0.05) is 18.7 Å². The fourth-order valence-corrected chi connectivity index (χ4v) is 1.37. The molecule has 0 aromatic carbocycles. The van der Waals surface area contributed by atoms with Gasteiger partial charge < -0.3 is 4.74 Å². The maximum atomic E-state index is 10.8. The molecule has 1 aliphatic rings. The summed E-state index contributed by atoms with van der Waals surface area (Å²) in [4.78, 5) is 14.9. The first-order chi connectivity index (χ1) is 5.24. The Balaban J connectivity index is 2.36. The third-order valence-electron chi connectivity index (χ3n) is 1.35. The summed E-state index contributed by atoms with van der Waals surface area (Å²) in [6.07, 6.45) is -0.316. The summed E-state index contributed by atoms with van der Waals surface area (Å²) in [5.74, 6) is 0.990. The SMILES string of the molecule is CCSC1=NCC(C(C)=O)O1. The molecule has 0 aromatic rings. The van der Waals surface area contributed by atoms with Crippen molar-refractivity contribution in [2.24, 2.45) is 4.99 Å². The first-order valence-electron chi connectivity index (χ1n) is 3.58. The molecule has 0 aliphatic carbocycles. The number of carbonyl (C=O) groups is 1. The molecule has 1 atom stereocenters. The lowest BCUT2D eigenvalue weighted by atomic mass is 10.3. The van der Waals surface area contributed by atoms with E-state index in [1.807, 2.05) is 6.92 Å². The minimum absolute atomic E-state index is 0.0560. The molecule has 0 N–H and O–H groups in total. The Morgan fingerprint density at radius 3 is 3.09 bits per heavy atom. The Labute approximate surface area is 70.2 Å². The van der Waals surface area contributed by atoms with Crippen molar-refractivity contribution in [1.82, 2.24) is 0 Å². The van der Waals surface area contributed by atoms with E-state index in [0.29, 0.717) is 11.8 Å². The van der Waals surface area contributed by atoms with Crippen LogP contribution in [0, 0.1) is 0 Å². The molecule has 1 aliphatic heterocycles. The first-order valence-corrected chi connectivity index (χ1v) is 4.57. The van der Waals surface area contributed by atoms with Crippen LogP contribution in [0.25, 0.3) is 0 Å². The molecule has 0 bridgehead atoms. The van der Waals surface area contributed by atoms with Gasteiger partial charge in [0.05, 0.1) is 6.54 Å². The highest BCUT2D eigenvalue weighted by molar-refractivity contribution is 8.13. The fraction of sp³-hybridized carbons (Fsp3) is 0.714. The second-order valence-electron chi connectivity index (χ2n) is 2.26. The minimum Gasteiger partial charge on any atom is -0.460 e. The number of hydrogen-bond donors (Lipinski definition) is 0. The van der Waals surface area contributed by atoms with E-state index < -0.39 is 0 Å². The summed E-state index contributed by atoms with van der Waals surface area (Å²) < 4.78 is 5.23. The number of thioether (sulfide) groups is 1. The van der Waals surface area contributed by atoms with Gasteiger partial charge in [0.1, 0.15) is 0 Å². The van der Waals surface area contributed by atoms with E-state index in [1.54, 1.807) is 0 Å². The summed E-state index contributed by atoms with van der Waals surface area (Å²) in [5, 5.41) is 0.660. The lowest BCUT2D eigenvalue weighted by Gasteiger charge is -2.05. The molecule has 0 amide bonds. The monoisotopic (exact) mass is 173 g/mol. The third-order valence-corrected chi connectivity index (χ3v) is 2.11. The van der Waals surface area contributed by atoms with Gasteiger partial charge in [-0.25, -0.2) is 4.99 Å². The standard InChI is InChI=1S/C7H11NO2S/c1-3-11-7-8-4-6(10-7)5(2)9/h6H,3-4H2,1-2H3. The molecule has 1 unspecified atom stereocenters. The Bertz CT molecular complexity index is 191. The highest BCUT2D eigenvalue weighted by Gasteiger charge is 2.23. The molecule has 1 heterocycles. The molecule has 3 nitrogen and oxygen atoms in total. The Hall–Kier alpha value is -0.510. The molecule has 62 valence electrons. The van der Waals surface area contributed by atoms with Gasteiger partial charge in [0.25, 0.3) is 0 Å². The highest BCUT2D eigenvalue weighted by atomic mass is 32.2. The molecule has 0 spiro atoms. The first kappa shape index (κ1) is 8.59. The van der Waals surface area contributed by atoms with Crippen molar-refractivity contribution in [3.05, 3.63) is 0 Å². The van der Waals surface area contributed by atoms with E-state index in [2.05, 4.69) is 4.99 Å². The van der Waals surface area contributed by atoms with Gasteiger partial charge in [-0.3, -0.25) is 4.79 Å². The molecular weight excluding hydrogens is 162 g/mol. The number of nitrogens with zero attached hydrogens (tertiary/aromatic N) is 1. The number of carbonyl (C=O) groups excluding carboxylic acids is 1. The van der Waals surface area contributed by atoms with Crippen LogP contribution in [-0.2, 0) is 9.53 Å². The average molecular weight is 173 g/mol. The van der Waals surface area contributed by atoms with Crippen LogP contribution >= 0.6 is 11.8 Å². The van der Waals surface area contributed by atoms with Gasteiger partial charge in [-0.2, -0.15) is 0 Å². The van der Waals surface area contributed by atoms with E-state index in [4.69, 9.17) is 4.74 Å². The van der Waals surface area contributed by atoms with Gasteiger partial charge in [0, 0.05) is 0 Å². The molecule has 0 saturated heterocycles. The molecule has 0 radical (unpaired) electrons. The lowest BCUT2D eigenvalue weighted by molar-refractivity contribution is -0.122. The van der Waals surface area contributed by atoms with E-state index in [1.165, 1.54) is 18.7 Å². The summed E-state index contributed by atoms with van der Waals surface area (Å²) >= 11 is 1.54. The number of Topliss-reactive ketones (excluding diaryl/α,β-unsaturated/α-hetero) is 1. The average Bonchev–Trinajstić information content (AvgIpc) is 2.37. The molecule has 11 heavy (non-hydrogen) atoms. The van der Waals surface area contributed by atoms with Crippen molar-refractivity contribution in [2.75, 3.05) is 12.3 Å². The van der Waals surface area contributed by atoms with Crippen molar-refractivity contribution < 1.29 is 9.53 Å². The van der Waals surface area contributed by atoms with Crippen LogP contribution in [0.15, 0.2) is 4.99 Å². The summed E-state index contributed by atoms with van der Waals surface area (Å²) in [7, 11) is 0. The van der Waals surface area contributed by atoms with Crippen molar-refractivity contribution in [3.63, 3.8) is 0 Å². The molecular formula is C7H11NO2S. The minimum atomic E-state index is -0.316. The summed E-state index contributed by atoms with van der Waals surface area (Å²) in [6.45, 7) is 4.05. The largest absolute Gasteiger partial charge is 0.460 e. The van der Waals surface area contributed by atoms with Gasteiger partial charge in [0.2, 0.25) is 5.23 Å². The van der Waals surface area contributed by atoms with E-state index in [-0.39, 0.29) is 11.9 Å². The molecule has 0 aromatic heterocycles. The topological polar surface area (TPSA) is 38.7 Å². The Morgan fingerprint density at radius 1 is 1.91 bits per heavy atom. The van der Waals surface area contributed by atoms with Gasteiger partial charge in [-0.15, -0.1) is 0 Å². The van der Waals surface area contributed by atoms with Crippen molar-refractivity contribution in [1.29, 1.82) is 0 Å². The summed E-state index contributed by atoms with van der Waals surface area (Å²) in [6, 6.07) is 0. The van der Waals surface area contributed by atoms with E-state index in [0.717, 1.165) is 5.75 Å². The highest BCUT2D eigenvalue weighted by Crippen LogP contribution is 2.14. The zero-order chi connectivity index (χ0) is 8.27. The Morgan fingerprint density at radius 2 is 2.64 bits per heavy atom. The number of aliphatic imine (C=N–C) groups is 1.